The Hall–Kier alpha value is -1.03. The Balaban J connectivity index is 2.46. The molecule has 1 aromatic heterocycles. The first kappa shape index (κ1) is 9.52. The van der Waals surface area contributed by atoms with Crippen molar-refractivity contribution in [2.24, 2.45) is 5.73 Å². The van der Waals surface area contributed by atoms with Gasteiger partial charge in [-0.2, -0.15) is 0 Å². The Labute approximate surface area is 84.5 Å². The maximum atomic E-state index is 5.77. The summed E-state index contributed by atoms with van der Waals surface area (Å²) in [6.07, 6.45) is 1.16. The molecule has 0 bridgehead atoms. The van der Waals surface area contributed by atoms with Crippen LogP contribution < -0.4 is 11.1 Å². The van der Waals surface area contributed by atoms with Crippen LogP contribution in [0.15, 0.2) is 0 Å². The van der Waals surface area contributed by atoms with Crippen molar-refractivity contribution >= 4 is 5.95 Å². The monoisotopic (exact) mass is 194 g/mol. The van der Waals surface area contributed by atoms with Gasteiger partial charge in [0.25, 0.3) is 0 Å². The van der Waals surface area contributed by atoms with Crippen molar-refractivity contribution in [3.63, 3.8) is 0 Å². The minimum Gasteiger partial charge on any atom is -0.356 e. The minimum atomic E-state index is 0.452. The van der Waals surface area contributed by atoms with Crippen LogP contribution in [0.25, 0.3) is 0 Å². The molecule has 14 heavy (non-hydrogen) atoms. The predicted molar refractivity (Wildman–Crippen MR) is 57.3 cm³/mol. The fraction of sp³-hybridized carbons (Fsp3) is 0.700. The molecule has 2 rings (SSSR count). The van der Waals surface area contributed by atoms with Crippen molar-refractivity contribution in [3.05, 3.63) is 11.4 Å². The van der Waals surface area contributed by atoms with Crippen LogP contribution in [-0.4, -0.2) is 16.1 Å². The normalized spacial score (nSPS) is 15.4. The smallest absolute Gasteiger partial charge is 0.203 e. The number of fused-ring (bicyclic) bond motifs is 1. The number of hydrogen-bond donors (Lipinski definition) is 2. The lowest BCUT2D eigenvalue weighted by atomic mass is 10.1. The highest BCUT2D eigenvalue weighted by Crippen LogP contribution is 2.24. The zero-order valence-electron chi connectivity index (χ0n) is 8.88. The molecule has 0 saturated heterocycles. The zero-order valence-corrected chi connectivity index (χ0v) is 8.88. The minimum absolute atomic E-state index is 0.452. The molecular weight excluding hydrogens is 176 g/mol. The number of imidazole rings is 1. The number of aromatic nitrogens is 2. The van der Waals surface area contributed by atoms with Crippen LogP contribution in [0.5, 0.6) is 0 Å². The van der Waals surface area contributed by atoms with Gasteiger partial charge in [-0.15, -0.1) is 0 Å². The first-order chi connectivity index (χ1) is 6.74. The standard InChI is InChI=1S/C10H18N4/c1-7(2)9-8(6-11)14-5-3-4-12-10(14)13-9/h7H,3-6,11H2,1-2H3,(H,12,13). The van der Waals surface area contributed by atoms with Gasteiger partial charge in [-0.25, -0.2) is 4.98 Å². The summed E-state index contributed by atoms with van der Waals surface area (Å²) in [7, 11) is 0. The first-order valence-electron chi connectivity index (χ1n) is 5.27. The summed E-state index contributed by atoms with van der Waals surface area (Å²) in [5.74, 6) is 1.45. The molecule has 0 radical (unpaired) electrons. The van der Waals surface area contributed by atoms with Gasteiger partial charge >= 0.3 is 0 Å². The third-order valence-corrected chi connectivity index (χ3v) is 2.69. The van der Waals surface area contributed by atoms with Gasteiger partial charge in [0.05, 0.1) is 11.4 Å². The van der Waals surface area contributed by atoms with E-state index in [0.717, 1.165) is 31.2 Å². The number of nitrogens with two attached hydrogens (primary N) is 1. The molecule has 0 unspecified atom stereocenters. The average Bonchev–Trinajstić information content (AvgIpc) is 2.56. The van der Waals surface area contributed by atoms with E-state index < -0.39 is 0 Å². The topological polar surface area (TPSA) is 55.9 Å². The summed E-state index contributed by atoms with van der Waals surface area (Å²) < 4.78 is 2.22. The van der Waals surface area contributed by atoms with Crippen LogP contribution in [-0.2, 0) is 13.1 Å². The van der Waals surface area contributed by atoms with E-state index >= 15 is 0 Å². The first-order valence-corrected chi connectivity index (χ1v) is 5.27. The van der Waals surface area contributed by atoms with E-state index in [1.54, 1.807) is 0 Å². The number of rotatable bonds is 2. The van der Waals surface area contributed by atoms with E-state index in [2.05, 4.69) is 28.7 Å². The molecule has 1 aromatic rings. The Kier molecular flexibility index (Phi) is 2.46. The molecule has 0 amide bonds. The quantitative estimate of drug-likeness (QED) is 0.745. The van der Waals surface area contributed by atoms with Crippen molar-refractivity contribution in [1.82, 2.24) is 9.55 Å². The molecule has 4 heteroatoms. The summed E-state index contributed by atoms with van der Waals surface area (Å²) in [4.78, 5) is 4.59. The van der Waals surface area contributed by atoms with Crippen LogP contribution in [0.3, 0.4) is 0 Å². The molecule has 0 atom stereocenters. The van der Waals surface area contributed by atoms with Crippen LogP contribution in [0, 0.1) is 0 Å². The maximum Gasteiger partial charge on any atom is 0.203 e. The summed E-state index contributed by atoms with van der Waals surface area (Å²) in [6.45, 7) is 6.98. The van der Waals surface area contributed by atoms with Gasteiger partial charge in [-0.3, -0.25) is 0 Å². The fourth-order valence-corrected chi connectivity index (χ4v) is 2.00. The van der Waals surface area contributed by atoms with Gasteiger partial charge in [-0.1, -0.05) is 13.8 Å². The predicted octanol–water partition coefficient (Wildman–Crippen LogP) is 1.28. The van der Waals surface area contributed by atoms with E-state index in [-0.39, 0.29) is 0 Å². The molecule has 4 nitrogen and oxygen atoms in total. The number of anilines is 1. The van der Waals surface area contributed by atoms with Gasteiger partial charge in [-0.05, 0) is 12.3 Å². The number of hydrogen-bond acceptors (Lipinski definition) is 3. The van der Waals surface area contributed by atoms with Gasteiger partial charge in [0, 0.05) is 19.6 Å². The molecule has 78 valence electrons. The molecule has 0 saturated carbocycles. The van der Waals surface area contributed by atoms with E-state index in [1.165, 1.54) is 5.69 Å². The molecule has 1 aliphatic rings. The molecule has 2 heterocycles. The summed E-state index contributed by atoms with van der Waals surface area (Å²) >= 11 is 0. The van der Waals surface area contributed by atoms with Crippen LogP contribution in [0.2, 0.25) is 0 Å². The van der Waals surface area contributed by atoms with Gasteiger partial charge in [0.1, 0.15) is 0 Å². The van der Waals surface area contributed by atoms with E-state index in [4.69, 9.17) is 5.73 Å². The van der Waals surface area contributed by atoms with E-state index in [1.807, 2.05) is 0 Å². The zero-order chi connectivity index (χ0) is 10.1. The van der Waals surface area contributed by atoms with Crippen LogP contribution >= 0.6 is 0 Å². The van der Waals surface area contributed by atoms with Gasteiger partial charge in [0.15, 0.2) is 0 Å². The van der Waals surface area contributed by atoms with Crippen molar-refractivity contribution < 1.29 is 0 Å². The summed E-state index contributed by atoms with van der Waals surface area (Å²) in [5.41, 5.74) is 8.11. The lowest BCUT2D eigenvalue weighted by Gasteiger charge is -2.17. The van der Waals surface area contributed by atoms with Gasteiger partial charge < -0.3 is 15.6 Å². The lowest BCUT2D eigenvalue weighted by molar-refractivity contribution is 0.601. The number of nitrogens with one attached hydrogen (secondary N) is 1. The molecule has 1 aliphatic heterocycles. The SMILES string of the molecule is CC(C)c1nc2n(c1CN)CCCN2. The summed E-state index contributed by atoms with van der Waals surface area (Å²) in [6, 6.07) is 0. The maximum absolute atomic E-state index is 5.77. The molecular formula is C10H18N4. The van der Waals surface area contributed by atoms with Crippen LogP contribution in [0.1, 0.15) is 37.6 Å². The largest absolute Gasteiger partial charge is 0.356 e. The Morgan fingerprint density at radius 3 is 3.00 bits per heavy atom. The molecule has 0 spiro atoms. The highest BCUT2D eigenvalue weighted by Gasteiger charge is 2.19. The Morgan fingerprint density at radius 1 is 1.57 bits per heavy atom. The molecule has 0 aromatic carbocycles. The fourth-order valence-electron chi connectivity index (χ4n) is 2.00. The van der Waals surface area contributed by atoms with Crippen molar-refractivity contribution in [2.75, 3.05) is 11.9 Å². The molecule has 0 aliphatic carbocycles. The van der Waals surface area contributed by atoms with Gasteiger partial charge in [0.2, 0.25) is 5.95 Å². The second kappa shape index (κ2) is 3.61. The van der Waals surface area contributed by atoms with E-state index in [0.29, 0.717) is 12.5 Å². The third kappa shape index (κ3) is 1.39. The lowest BCUT2D eigenvalue weighted by Crippen LogP contribution is -2.19. The van der Waals surface area contributed by atoms with Crippen molar-refractivity contribution in [1.29, 1.82) is 0 Å². The summed E-state index contributed by atoms with van der Waals surface area (Å²) in [5, 5.41) is 3.31. The third-order valence-electron chi connectivity index (χ3n) is 2.69. The highest BCUT2D eigenvalue weighted by molar-refractivity contribution is 5.36. The Bertz CT molecular complexity index is 327. The Morgan fingerprint density at radius 2 is 2.36 bits per heavy atom. The average molecular weight is 194 g/mol. The van der Waals surface area contributed by atoms with Crippen molar-refractivity contribution in [3.8, 4) is 0 Å². The second-order valence-corrected chi connectivity index (χ2v) is 4.06. The number of nitrogens with zero attached hydrogens (tertiary/aromatic N) is 2. The van der Waals surface area contributed by atoms with Crippen LogP contribution in [0.4, 0.5) is 5.95 Å². The van der Waals surface area contributed by atoms with Crippen molar-refractivity contribution in [2.45, 2.75) is 39.3 Å². The molecule has 0 fully saturated rings. The molecule has 3 N–H and O–H groups in total. The highest BCUT2D eigenvalue weighted by atomic mass is 15.2. The second-order valence-electron chi connectivity index (χ2n) is 4.06. The van der Waals surface area contributed by atoms with E-state index in [9.17, 15) is 0 Å².